The number of carbonyl (C=O) groups excluding carboxylic acids is 1. The molecule has 0 radical (unpaired) electrons. The number of halogens is 6. The molecule has 1 N–H and O–H groups in total. The van der Waals surface area contributed by atoms with Gasteiger partial charge >= 0.3 is 12.4 Å². The highest BCUT2D eigenvalue weighted by Crippen LogP contribution is 2.38. The smallest absolute Gasteiger partial charge is 0.380 e. The summed E-state index contributed by atoms with van der Waals surface area (Å²) in [5, 5.41) is 13.9. The highest BCUT2D eigenvalue weighted by Gasteiger charge is 2.39. The zero-order valence-corrected chi connectivity index (χ0v) is 20.8. The maximum atomic E-state index is 13.2. The molecular formula is C25H27F6N5O3. The highest BCUT2D eigenvalue weighted by molar-refractivity contribution is 5.77. The Labute approximate surface area is 220 Å². The Bertz CT molecular complexity index is 1180. The molecule has 2 aliphatic heterocycles. The number of carbonyl (C=O) groups is 1. The molecule has 4 rings (SSSR count). The molecule has 2 heterocycles. The fourth-order valence-corrected chi connectivity index (χ4v) is 4.86. The minimum Gasteiger partial charge on any atom is -0.380 e. The molecule has 1 atom stereocenters. The summed E-state index contributed by atoms with van der Waals surface area (Å²) < 4.78 is 78.0. The summed E-state index contributed by atoms with van der Waals surface area (Å²) in [6.07, 6.45) is -8.46. The van der Waals surface area contributed by atoms with Crippen LogP contribution >= 0.6 is 0 Å². The second-order valence-corrected chi connectivity index (χ2v) is 9.58. The Balaban J connectivity index is 1.22. The van der Waals surface area contributed by atoms with Crippen LogP contribution in [-0.4, -0.2) is 72.5 Å². The molecule has 2 aromatic rings. The number of likely N-dealkylation sites (tertiary alicyclic amines) is 1. The summed E-state index contributed by atoms with van der Waals surface area (Å²) in [4.78, 5) is 28.4. The van der Waals surface area contributed by atoms with Gasteiger partial charge in [-0.25, -0.2) is 0 Å². The molecule has 2 saturated heterocycles. The number of alkyl halides is 6. The molecule has 212 valence electrons. The molecule has 0 aliphatic carbocycles. The third-order valence-electron chi connectivity index (χ3n) is 6.98. The van der Waals surface area contributed by atoms with Gasteiger partial charge in [-0.1, -0.05) is 0 Å². The van der Waals surface area contributed by atoms with Crippen LogP contribution in [0.2, 0.25) is 0 Å². The summed E-state index contributed by atoms with van der Waals surface area (Å²) in [7, 11) is 0. The Morgan fingerprint density at radius 1 is 0.949 bits per heavy atom. The van der Waals surface area contributed by atoms with E-state index in [0.717, 1.165) is 18.2 Å². The van der Waals surface area contributed by atoms with Crippen molar-refractivity contribution in [3.8, 4) is 0 Å². The monoisotopic (exact) mass is 559 g/mol. The van der Waals surface area contributed by atoms with Crippen molar-refractivity contribution < 1.29 is 36.1 Å². The van der Waals surface area contributed by atoms with E-state index in [1.165, 1.54) is 18.2 Å². The molecule has 2 aliphatic rings. The van der Waals surface area contributed by atoms with Crippen LogP contribution in [0, 0.1) is 10.1 Å². The van der Waals surface area contributed by atoms with Crippen LogP contribution in [0.4, 0.5) is 43.4 Å². The molecular weight excluding hydrogens is 532 g/mol. The van der Waals surface area contributed by atoms with Gasteiger partial charge < -0.3 is 15.1 Å². The van der Waals surface area contributed by atoms with E-state index in [9.17, 15) is 41.3 Å². The van der Waals surface area contributed by atoms with Gasteiger partial charge in [-0.15, -0.1) is 0 Å². The van der Waals surface area contributed by atoms with Crippen molar-refractivity contribution in [1.29, 1.82) is 0 Å². The van der Waals surface area contributed by atoms with E-state index in [-0.39, 0.29) is 24.1 Å². The SMILES string of the molecule is O=C(CCN1CCN(c2ccc(C(F)(F)F)cc2)CC1)N1CC[C@@H](Nc2ccc([N+](=O)[O-])c(C(F)(F)F)c2)C1. The second-order valence-electron chi connectivity index (χ2n) is 9.58. The van der Waals surface area contributed by atoms with Crippen LogP contribution < -0.4 is 10.2 Å². The van der Waals surface area contributed by atoms with Crippen molar-refractivity contribution in [2.75, 3.05) is 56.0 Å². The van der Waals surface area contributed by atoms with Gasteiger partial charge in [0.05, 0.1) is 10.5 Å². The number of rotatable bonds is 7. The Kier molecular flexibility index (Phi) is 8.23. The fourth-order valence-electron chi connectivity index (χ4n) is 4.86. The first-order valence-electron chi connectivity index (χ1n) is 12.4. The number of benzene rings is 2. The van der Waals surface area contributed by atoms with E-state index in [1.807, 2.05) is 4.90 Å². The van der Waals surface area contributed by atoms with Gasteiger partial charge in [0.1, 0.15) is 5.56 Å². The van der Waals surface area contributed by atoms with Gasteiger partial charge in [0.25, 0.3) is 5.69 Å². The molecule has 2 fully saturated rings. The number of hydrogen-bond acceptors (Lipinski definition) is 6. The van der Waals surface area contributed by atoms with Crippen molar-refractivity contribution in [2.24, 2.45) is 0 Å². The number of nitro benzene ring substituents is 1. The zero-order chi connectivity index (χ0) is 28.4. The first-order valence-corrected chi connectivity index (χ1v) is 12.4. The maximum Gasteiger partial charge on any atom is 0.423 e. The Morgan fingerprint density at radius 3 is 2.21 bits per heavy atom. The molecule has 39 heavy (non-hydrogen) atoms. The van der Waals surface area contributed by atoms with E-state index in [4.69, 9.17) is 0 Å². The predicted octanol–water partition coefficient (Wildman–Crippen LogP) is 4.86. The lowest BCUT2D eigenvalue weighted by atomic mass is 10.1. The lowest BCUT2D eigenvalue weighted by molar-refractivity contribution is -0.388. The Morgan fingerprint density at radius 2 is 1.62 bits per heavy atom. The van der Waals surface area contributed by atoms with Crippen molar-refractivity contribution in [3.05, 3.63) is 63.7 Å². The summed E-state index contributed by atoms with van der Waals surface area (Å²) in [6.45, 7) is 3.80. The fraction of sp³-hybridized carbons (Fsp3) is 0.480. The quantitative estimate of drug-likeness (QED) is 0.297. The normalized spacial score (nSPS) is 18.9. The number of nitrogens with zero attached hydrogens (tertiary/aromatic N) is 4. The van der Waals surface area contributed by atoms with Gasteiger partial charge in [-0.3, -0.25) is 19.8 Å². The second kappa shape index (κ2) is 11.3. The third kappa shape index (κ3) is 7.11. The molecule has 0 aromatic heterocycles. The zero-order valence-electron chi connectivity index (χ0n) is 20.8. The minimum absolute atomic E-state index is 0.0795. The van der Waals surface area contributed by atoms with Crippen LogP contribution in [0.25, 0.3) is 0 Å². The molecule has 14 heteroatoms. The standard InChI is InChI=1S/C25H27F6N5O3/c26-24(27,28)17-1-4-20(5-2-17)34-13-11-33(12-14-34)9-8-23(37)35-10-7-19(16-35)32-18-3-6-22(36(38)39)21(15-18)25(29,30)31/h1-6,15,19,32H,7-14,16H2/t19-/m1/s1. The highest BCUT2D eigenvalue weighted by atomic mass is 19.4. The van der Waals surface area contributed by atoms with Crippen LogP contribution in [0.15, 0.2) is 42.5 Å². The Hall–Kier alpha value is -3.55. The average molecular weight is 560 g/mol. The van der Waals surface area contributed by atoms with Crippen LogP contribution in [-0.2, 0) is 17.1 Å². The molecule has 2 aromatic carbocycles. The van der Waals surface area contributed by atoms with E-state index in [1.54, 1.807) is 4.90 Å². The molecule has 8 nitrogen and oxygen atoms in total. The predicted molar refractivity (Wildman–Crippen MR) is 131 cm³/mol. The number of anilines is 2. The number of nitro groups is 1. The maximum absolute atomic E-state index is 13.2. The van der Waals surface area contributed by atoms with Crippen molar-refractivity contribution in [1.82, 2.24) is 9.80 Å². The van der Waals surface area contributed by atoms with Gasteiger partial charge in [-0.2, -0.15) is 26.3 Å². The van der Waals surface area contributed by atoms with Crippen LogP contribution in [0.1, 0.15) is 24.0 Å². The van der Waals surface area contributed by atoms with Gasteiger partial charge in [0.2, 0.25) is 5.91 Å². The first kappa shape index (κ1) is 28.5. The van der Waals surface area contributed by atoms with Crippen LogP contribution in [0.5, 0.6) is 0 Å². The molecule has 0 spiro atoms. The van der Waals surface area contributed by atoms with Gasteiger partial charge in [0.15, 0.2) is 0 Å². The first-order chi connectivity index (χ1) is 18.3. The van der Waals surface area contributed by atoms with Gasteiger partial charge in [0, 0.05) is 75.7 Å². The topological polar surface area (TPSA) is 82.0 Å². The molecule has 0 bridgehead atoms. The van der Waals surface area contributed by atoms with Crippen molar-refractivity contribution in [3.63, 3.8) is 0 Å². The van der Waals surface area contributed by atoms with Gasteiger partial charge in [-0.05, 0) is 42.8 Å². The molecule has 1 amide bonds. The minimum atomic E-state index is -4.87. The van der Waals surface area contributed by atoms with E-state index in [0.29, 0.717) is 64.0 Å². The number of piperazine rings is 1. The third-order valence-corrected chi connectivity index (χ3v) is 6.98. The summed E-state index contributed by atoms with van der Waals surface area (Å²) >= 11 is 0. The van der Waals surface area contributed by atoms with Crippen molar-refractivity contribution in [2.45, 2.75) is 31.2 Å². The summed E-state index contributed by atoms with van der Waals surface area (Å²) in [5.41, 5.74) is -2.23. The summed E-state index contributed by atoms with van der Waals surface area (Å²) in [5.74, 6) is -0.0795. The lowest BCUT2D eigenvalue weighted by Crippen LogP contribution is -2.47. The van der Waals surface area contributed by atoms with E-state index in [2.05, 4.69) is 10.2 Å². The average Bonchev–Trinajstić information content (AvgIpc) is 3.35. The van der Waals surface area contributed by atoms with Crippen LogP contribution in [0.3, 0.4) is 0 Å². The largest absolute Gasteiger partial charge is 0.423 e. The lowest BCUT2D eigenvalue weighted by Gasteiger charge is -2.36. The number of hydrogen-bond donors (Lipinski definition) is 1. The molecule has 0 saturated carbocycles. The van der Waals surface area contributed by atoms with E-state index < -0.39 is 34.1 Å². The van der Waals surface area contributed by atoms with E-state index >= 15 is 0 Å². The summed E-state index contributed by atoms with van der Waals surface area (Å²) in [6, 6.07) is 7.52. The number of amides is 1. The number of nitrogens with one attached hydrogen (secondary N) is 1. The molecule has 0 unspecified atom stereocenters. The van der Waals surface area contributed by atoms with Crippen molar-refractivity contribution >= 4 is 23.0 Å².